The van der Waals surface area contributed by atoms with Crippen LogP contribution >= 0.6 is 27.3 Å². The Morgan fingerprint density at radius 2 is 2.47 bits per heavy atom. The lowest BCUT2D eigenvalue weighted by Gasteiger charge is -1.98. The van der Waals surface area contributed by atoms with E-state index in [4.69, 9.17) is 0 Å². The molecule has 0 saturated carbocycles. The molecule has 2 heterocycles. The molecule has 0 saturated heterocycles. The number of hydrogen-bond acceptors (Lipinski definition) is 4. The molecule has 2 aromatic rings. The van der Waals surface area contributed by atoms with Gasteiger partial charge in [0.05, 0.1) is 9.98 Å². The molecule has 2 rings (SSSR count). The Bertz CT molecular complexity index is 522. The van der Waals surface area contributed by atoms with Gasteiger partial charge in [-0.05, 0) is 28.4 Å². The molecule has 7 heteroatoms. The second kappa shape index (κ2) is 5.42. The highest BCUT2D eigenvalue weighted by Gasteiger charge is 2.11. The summed E-state index contributed by atoms with van der Waals surface area (Å²) < 4.78 is 2.64. The number of amides is 1. The number of hydrogen-bond donors (Lipinski definition) is 1. The molecule has 0 aliphatic rings. The molecule has 0 spiro atoms. The van der Waals surface area contributed by atoms with E-state index in [1.54, 1.807) is 23.1 Å². The molecule has 0 bridgehead atoms. The predicted molar refractivity (Wildman–Crippen MR) is 70.3 cm³/mol. The van der Waals surface area contributed by atoms with Crippen LogP contribution in [0.1, 0.15) is 23.8 Å². The molecule has 0 atom stereocenters. The number of thiazole rings is 1. The van der Waals surface area contributed by atoms with E-state index in [1.807, 2.05) is 0 Å². The molecule has 0 radical (unpaired) electrons. The summed E-state index contributed by atoms with van der Waals surface area (Å²) in [5.41, 5.74) is 0.407. The normalized spacial score (nSPS) is 10.5. The van der Waals surface area contributed by atoms with Crippen molar-refractivity contribution < 1.29 is 4.79 Å². The van der Waals surface area contributed by atoms with E-state index in [0.717, 1.165) is 16.8 Å². The first kappa shape index (κ1) is 12.3. The van der Waals surface area contributed by atoms with Crippen molar-refractivity contribution in [3.63, 3.8) is 0 Å². The van der Waals surface area contributed by atoms with Crippen molar-refractivity contribution in [2.75, 3.05) is 5.32 Å². The summed E-state index contributed by atoms with van der Waals surface area (Å²) in [5.74, 6) is -0.235. The number of aromatic nitrogens is 3. The van der Waals surface area contributed by atoms with E-state index in [0.29, 0.717) is 10.8 Å². The maximum Gasteiger partial charge on any atom is 0.277 e. The van der Waals surface area contributed by atoms with E-state index in [9.17, 15) is 4.79 Å². The molecule has 1 N–H and O–H groups in total. The zero-order chi connectivity index (χ0) is 12.3. The number of aryl methyl sites for hydroxylation is 1. The summed E-state index contributed by atoms with van der Waals surface area (Å²) in [5, 5.41) is 7.43. The van der Waals surface area contributed by atoms with Gasteiger partial charge in [0.2, 0.25) is 0 Å². The largest absolute Gasteiger partial charge is 0.296 e. The number of rotatable bonds is 4. The Hall–Kier alpha value is -1.21. The number of nitrogens with zero attached hydrogens (tertiary/aromatic N) is 3. The first-order chi connectivity index (χ1) is 8.19. The fourth-order valence-corrected chi connectivity index (χ4v) is 2.41. The van der Waals surface area contributed by atoms with Crippen LogP contribution in [0.4, 0.5) is 5.13 Å². The van der Waals surface area contributed by atoms with E-state index in [2.05, 4.69) is 38.3 Å². The number of anilines is 1. The third-order valence-corrected chi connectivity index (χ3v) is 3.42. The van der Waals surface area contributed by atoms with Gasteiger partial charge in [-0.1, -0.05) is 18.3 Å². The Morgan fingerprint density at radius 1 is 1.65 bits per heavy atom. The molecule has 0 unspecified atom stereocenters. The minimum atomic E-state index is -0.235. The zero-order valence-electron chi connectivity index (χ0n) is 9.18. The first-order valence-electron chi connectivity index (χ1n) is 5.15. The van der Waals surface area contributed by atoms with Crippen LogP contribution in [0.5, 0.6) is 0 Å². The average molecular weight is 315 g/mol. The van der Waals surface area contributed by atoms with Crippen molar-refractivity contribution in [3.8, 4) is 0 Å². The SMILES string of the molecule is CCCn1ccc(C(=O)Nc2ncc(Br)s2)n1. The molecule has 0 aliphatic carbocycles. The highest BCUT2D eigenvalue weighted by molar-refractivity contribution is 9.11. The summed E-state index contributed by atoms with van der Waals surface area (Å²) in [4.78, 5) is 15.8. The molecular weight excluding hydrogens is 304 g/mol. The van der Waals surface area contributed by atoms with Crippen LogP contribution in [0.3, 0.4) is 0 Å². The summed E-state index contributed by atoms with van der Waals surface area (Å²) in [7, 11) is 0. The first-order valence-corrected chi connectivity index (χ1v) is 6.76. The van der Waals surface area contributed by atoms with Crippen molar-refractivity contribution in [1.29, 1.82) is 0 Å². The second-order valence-electron chi connectivity index (χ2n) is 3.39. The van der Waals surface area contributed by atoms with Crippen LogP contribution in [0.2, 0.25) is 0 Å². The van der Waals surface area contributed by atoms with Crippen LogP contribution in [-0.4, -0.2) is 20.7 Å². The highest BCUT2D eigenvalue weighted by atomic mass is 79.9. The fraction of sp³-hybridized carbons (Fsp3) is 0.300. The molecular formula is C10H11BrN4OS. The number of carbonyl (C=O) groups excluding carboxylic acids is 1. The van der Waals surface area contributed by atoms with Crippen LogP contribution in [0.25, 0.3) is 0 Å². The van der Waals surface area contributed by atoms with Crippen LogP contribution < -0.4 is 5.32 Å². The lowest BCUT2D eigenvalue weighted by Crippen LogP contribution is -2.13. The Kier molecular flexibility index (Phi) is 3.90. The molecule has 1 amide bonds. The van der Waals surface area contributed by atoms with Crippen molar-refractivity contribution in [3.05, 3.63) is 27.9 Å². The van der Waals surface area contributed by atoms with Crippen molar-refractivity contribution in [2.24, 2.45) is 0 Å². The molecule has 0 fully saturated rings. The Labute approximate surface area is 111 Å². The monoisotopic (exact) mass is 314 g/mol. The second-order valence-corrected chi connectivity index (χ2v) is 5.80. The van der Waals surface area contributed by atoms with Gasteiger partial charge in [-0.15, -0.1) is 0 Å². The van der Waals surface area contributed by atoms with Crippen LogP contribution in [-0.2, 0) is 6.54 Å². The molecule has 2 aromatic heterocycles. The highest BCUT2D eigenvalue weighted by Crippen LogP contribution is 2.23. The van der Waals surface area contributed by atoms with Gasteiger partial charge in [-0.25, -0.2) is 4.98 Å². The summed E-state index contributed by atoms with van der Waals surface area (Å²) in [6.07, 6.45) is 4.44. The van der Waals surface area contributed by atoms with Gasteiger partial charge in [0.25, 0.3) is 5.91 Å². The fourth-order valence-electron chi connectivity index (χ4n) is 1.31. The molecule has 5 nitrogen and oxygen atoms in total. The number of carbonyl (C=O) groups is 1. The van der Waals surface area contributed by atoms with Gasteiger partial charge >= 0.3 is 0 Å². The number of nitrogens with one attached hydrogen (secondary N) is 1. The van der Waals surface area contributed by atoms with E-state index in [-0.39, 0.29) is 5.91 Å². The molecule has 90 valence electrons. The molecule has 17 heavy (non-hydrogen) atoms. The minimum Gasteiger partial charge on any atom is -0.296 e. The topological polar surface area (TPSA) is 59.8 Å². The van der Waals surface area contributed by atoms with Gasteiger partial charge in [0.1, 0.15) is 0 Å². The van der Waals surface area contributed by atoms with Crippen molar-refractivity contribution in [1.82, 2.24) is 14.8 Å². The molecule has 0 aliphatic heterocycles. The van der Waals surface area contributed by atoms with Gasteiger partial charge in [0.15, 0.2) is 10.8 Å². The van der Waals surface area contributed by atoms with Gasteiger partial charge in [-0.2, -0.15) is 5.10 Å². The lowest BCUT2D eigenvalue weighted by atomic mass is 10.4. The number of halogens is 1. The minimum absolute atomic E-state index is 0.235. The van der Waals surface area contributed by atoms with Crippen LogP contribution in [0, 0.1) is 0 Å². The maximum absolute atomic E-state index is 11.8. The Morgan fingerprint density at radius 3 is 3.12 bits per heavy atom. The van der Waals surface area contributed by atoms with E-state index in [1.165, 1.54) is 11.3 Å². The smallest absolute Gasteiger partial charge is 0.277 e. The summed E-state index contributed by atoms with van der Waals surface area (Å²) >= 11 is 4.65. The van der Waals surface area contributed by atoms with Gasteiger partial charge in [-0.3, -0.25) is 14.8 Å². The Balaban J connectivity index is 2.03. The van der Waals surface area contributed by atoms with Gasteiger partial charge < -0.3 is 0 Å². The quantitative estimate of drug-likeness (QED) is 0.944. The van der Waals surface area contributed by atoms with E-state index < -0.39 is 0 Å². The van der Waals surface area contributed by atoms with Crippen molar-refractivity contribution >= 4 is 38.3 Å². The van der Waals surface area contributed by atoms with Crippen LogP contribution in [0.15, 0.2) is 22.2 Å². The van der Waals surface area contributed by atoms with Crippen molar-refractivity contribution in [2.45, 2.75) is 19.9 Å². The maximum atomic E-state index is 11.8. The lowest BCUT2D eigenvalue weighted by molar-refractivity contribution is 0.102. The predicted octanol–water partition coefficient (Wildman–Crippen LogP) is 2.76. The third kappa shape index (κ3) is 3.13. The van der Waals surface area contributed by atoms with Gasteiger partial charge in [0, 0.05) is 12.7 Å². The summed E-state index contributed by atoms with van der Waals surface area (Å²) in [6.45, 7) is 2.88. The summed E-state index contributed by atoms with van der Waals surface area (Å²) in [6, 6.07) is 1.70. The van der Waals surface area contributed by atoms with E-state index >= 15 is 0 Å². The zero-order valence-corrected chi connectivity index (χ0v) is 11.6. The average Bonchev–Trinajstić information content (AvgIpc) is 2.88. The standard InChI is InChI=1S/C10H11BrN4OS/c1-2-4-15-5-3-7(14-15)9(16)13-10-12-6-8(11)17-10/h3,5-6H,2,4H2,1H3,(H,12,13,16). The third-order valence-electron chi connectivity index (χ3n) is 2.02. The molecule has 0 aromatic carbocycles.